The Morgan fingerprint density at radius 2 is 2.24 bits per heavy atom. The first-order chi connectivity index (χ1) is 8.18. The Morgan fingerprint density at radius 1 is 1.41 bits per heavy atom. The van der Waals surface area contributed by atoms with Crippen LogP contribution in [0.5, 0.6) is 0 Å². The average molecular weight is 239 g/mol. The first-order valence-corrected chi connectivity index (χ1v) is 6.43. The van der Waals surface area contributed by atoms with Gasteiger partial charge in [0.1, 0.15) is 0 Å². The standard InChI is InChI=1S/C12H21N3O2/c1-15-11(16)5-4-10(12(15)17)14-8-9-3-2-6-13-7-9/h9-10,13-14H,2-8H2,1H3. The summed E-state index contributed by atoms with van der Waals surface area (Å²) in [6, 6.07) is -0.167. The average Bonchev–Trinajstić information content (AvgIpc) is 2.36. The number of hydrogen-bond acceptors (Lipinski definition) is 4. The van der Waals surface area contributed by atoms with Crippen LogP contribution >= 0.6 is 0 Å². The number of likely N-dealkylation sites (tertiary alicyclic amines) is 1. The molecule has 0 aromatic carbocycles. The van der Waals surface area contributed by atoms with Crippen LogP contribution in [0.15, 0.2) is 0 Å². The molecule has 5 heteroatoms. The minimum Gasteiger partial charge on any atom is -0.316 e. The molecule has 5 nitrogen and oxygen atoms in total. The Labute approximate surface area is 102 Å². The van der Waals surface area contributed by atoms with E-state index in [0.29, 0.717) is 18.8 Å². The monoisotopic (exact) mass is 239 g/mol. The normalized spacial score (nSPS) is 30.8. The van der Waals surface area contributed by atoms with Crippen molar-refractivity contribution < 1.29 is 9.59 Å². The number of imide groups is 1. The fraction of sp³-hybridized carbons (Fsp3) is 0.833. The molecule has 0 bridgehead atoms. The van der Waals surface area contributed by atoms with E-state index in [2.05, 4.69) is 10.6 Å². The van der Waals surface area contributed by atoms with Crippen LogP contribution in [-0.2, 0) is 9.59 Å². The fourth-order valence-electron chi connectivity index (χ4n) is 2.51. The van der Waals surface area contributed by atoms with Crippen molar-refractivity contribution >= 4 is 11.8 Å². The van der Waals surface area contributed by atoms with E-state index in [-0.39, 0.29) is 17.9 Å². The van der Waals surface area contributed by atoms with E-state index >= 15 is 0 Å². The Bertz CT molecular complexity index is 300. The lowest BCUT2D eigenvalue weighted by Crippen LogP contribution is -2.52. The maximum Gasteiger partial charge on any atom is 0.246 e. The van der Waals surface area contributed by atoms with Gasteiger partial charge in [-0.25, -0.2) is 0 Å². The highest BCUT2D eigenvalue weighted by Gasteiger charge is 2.31. The van der Waals surface area contributed by atoms with Crippen molar-refractivity contribution in [1.82, 2.24) is 15.5 Å². The molecule has 2 atom stereocenters. The van der Waals surface area contributed by atoms with Gasteiger partial charge in [0.05, 0.1) is 6.04 Å². The number of nitrogens with zero attached hydrogens (tertiary/aromatic N) is 1. The highest BCUT2D eigenvalue weighted by Crippen LogP contribution is 2.13. The highest BCUT2D eigenvalue weighted by atomic mass is 16.2. The molecule has 0 aromatic rings. The van der Waals surface area contributed by atoms with Gasteiger partial charge in [0, 0.05) is 13.5 Å². The van der Waals surface area contributed by atoms with Crippen molar-refractivity contribution in [2.75, 3.05) is 26.7 Å². The molecule has 2 N–H and O–H groups in total. The molecule has 2 rings (SSSR count). The number of amides is 2. The number of carbonyl (C=O) groups excluding carboxylic acids is 2. The molecule has 0 spiro atoms. The molecule has 2 fully saturated rings. The van der Waals surface area contributed by atoms with Gasteiger partial charge in [0.15, 0.2) is 0 Å². The number of rotatable bonds is 3. The second-order valence-corrected chi connectivity index (χ2v) is 5.00. The van der Waals surface area contributed by atoms with Crippen molar-refractivity contribution in [3.05, 3.63) is 0 Å². The van der Waals surface area contributed by atoms with Crippen LogP contribution in [0.25, 0.3) is 0 Å². The summed E-state index contributed by atoms with van der Waals surface area (Å²) in [7, 11) is 1.57. The minimum absolute atomic E-state index is 0.0626. The topological polar surface area (TPSA) is 61.4 Å². The third-order valence-electron chi connectivity index (χ3n) is 3.70. The molecule has 0 radical (unpaired) electrons. The molecule has 2 saturated heterocycles. The largest absolute Gasteiger partial charge is 0.316 e. The lowest BCUT2D eigenvalue weighted by atomic mass is 9.98. The second kappa shape index (κ2) is 5.60. The van der Waals surface area contributed by atoms with Gasteiger partial charge in [-0.05, 0) is 44.8 Å². The molecule has 2 heterocycles. The molecule has 2 aliphatic rings. The van der Waals surface area contributed by atoms with Crippen molar-refractivity contribution in [3.63, 3.8) is 0 Å². The van der Waals surface area contributed by atoms with Crippen LogP contribution in [0.3, 0.4) is 0 Å². The molecular formula is C12H21N3O2. The maximum atomic E-state index is 11.8. The van der Waals surface area contributed by atoms with Gasteiger partial charge >= 0.3 is 0 Å². The van der Waals surface area contributed by atoms with E-state index in [9.17, 15) is 9.59 Å². The summed E-state index contributed by atoms with van der Waals surface area (Å²) in [6.07, 6.45) is 3.55. The number of likely N-dealkylation sites (N-methyl/N-ethyl adjacent to an activating group) is 1. The third kappa shape index (κ3) is 3.04. The molecule has 17 heavy (non-hydrogen) atoms. The molecule has 2 aliphatic heterocycles. The summed E-state index contributed by atoms with van der Waals surface area (Å²) in [5, 5.41) is 6.67. The summed E-state index contributed by atoms with van der Waals surface area (Å²) in [5.74, 6) is 0.469. The summed E-state index contributed by atoms with van der Waals surface area (Å²) in [6.45, 7) is 3.00. The van der Waals surface area contributed by atoms with E-state index in [1.807, 2.05) is 0 Å². The summed E-state index contributed by atoms with van der Waals surface area (Å²) >= 11 is 0. The minimum atomic E-state index is -0.167. The Balaban J connectivity index is 1.78. The van der Waals surface area contributed by atoms with Gasteiger partial charge in [-0.1, -0.05) is 0 Å². The second-order valence-electron chi connectivity index (χ2n) is 5.00. The van der Waals surface area contributed by atoms with Crippen LogP contribution in [0.4, 0.5) is 0 Å². The van der Waals surface area contributed by atoms with Gasteiger partial charge in [0.2, 0.25) is 11.8 Å². The summed E-state index contributed by atoms with van der Waals surface area (Å²) in [5.41, 5.74) is 0. The van der Waals surface area contributed by atoms with E-state index in [1.165, 1.54) is 17.7 Å². The van der Waals surface area contributed by atoms with Crippen molar-refractivity contribution in [2.45, 2.75) is 31.7 Å². The molecule has 2 unspecified atom stereocenters. The quantitative estimate of drug-likeness (QED) is 0.665. The van der Waals surface area contributed by atoms with Gasteiger partial charge < -0.3 is 10.6 Å². The van der Waals surface area contributed by atoms with Gasteiger partial charge in [0.25, 0.3) is 0 Å². The SMILES string of the molecule is CN1C(=O)CCC(NCC2CCCNC2)C1=O. The summed E-state index contributed by atoms with van der Waals surface area (Å²) < 4.78 is 0. The molecular weight excluding hydrogens is 218 g/mol. The third-order valence-corrected chi connectivity index (χ3v) is 3.70. The Hall–Kier alpha value is -0.940. The van der Waals surface area contributed by atoms with E-state index in [0.717, 1.165) is 19.6 Å². The maximum absolute atomic E-state index is 11.8. The first-order valence-electron chi connectivity index (χ1n) is 6.43. The van der Waals surface area contributed by atoms with E-state index in [4.69, 9.17) is 0 Å². The number of nitrogens with one attached hydrogen (secondary N) is 2. The molecule has 0 aromatic heterocycles. The van der Waals surface area contributed by atoms with Crippen molar-refractivity contribution in [3.8, 4) is 0 Å². The zero-order valence-corrected chi connectivity index (χ0v) is 10.4. The molecule has 96 valence electrons. The molecule has 0 aliphatic carbocycles. The lowest BCUT2D eigenvalue weighted by molar-refractivity contribution is -0.148. The lowest BCUT2D eigenvalue weighted by Gasteiger charge is -2.30. The van der Waals surface area contributed by atoms with Crippen molar-refractivity contribution in [2.24, 2.45) is 5.92 Å². The smallest absolute Gasteiger partial charge is 0.246 e. The fourth-order valence-corrected chi connectivity index (χ4v) is 2.51. The first kappa shape index (κ1) is 12.5. The Kier molecular flexibility index (Phi) is 4.12. The number of piperidine rings is 2. The van der Waals surface area contributed by atoms with Crippen molar-refractivity contribution in [1.29, 1.82) is 0 Å². The number of hydrogen-bond donors (Lipinski definition) is 2. The zero-order chi connectivity index (χ0) is 12.3. The number of carbonyl (C=O) groups is 2. The predicted molar refractivity (Wildman–Crippen MR) is 64.4 cm³/mol. The van der Waals surface area contributed by atoms with E-state index in [1.54, 1.807) is 7.05 Å². The molecule has 2 amide bonds. The summed E-state index contributed by atoms with van der Waals surface area (Å²) in [4.78, 5) is 24.4. The van der Waals surface area contributed by atoms with Gasteiger partial charge in [-0.15, -0.1) is 0 Å². The van der Waals surface area contributed by atoms with Crippen LogP contribution in [0.1, 0.15) is 25.7 Å². The molecule has 0 saturated carbocycles. The van der Waals surface area contributed by atoms with Crippen LogP contribution < -0.4 is 10.6 Å². The van der Waals surface area contributed by atoms with Crippen LogP contribution in [0.2, 0.25) is 0 Å². The Morgan fingerprint density at radius 3 is 2.94 bits per heavy atom. The zero-order valence-electron chi connectivity index (χ0n) is 10.4. The van der Waals surface area contributed by atoms with Gasteiger partial charge in [-0.3, -0.25) is 14.5 Å². The predicted octanol–water partition coefficient (Wildman–Crippen LogP) is -0.277. The van der Waals surface area contributed by atoms with Crippen LogP contribution in [-0.4, -0.2) is 49.4 Å². The van der Waals surface area contributed by atoms with Crippen LogP contribution in [0, 0.1) is 5.92 Å². The van der Waals surface area contributed by atoms with E-state index < -0.39 is 0 Å². The van der Waals surface area contributed by atoms with Gasteiger partial charge in [-0.2, -0.15) is 0 Å². The highest BCUT2D eigenvalue weighted by molar-refractivity contribution is 6.00.